The number of sulfonamides is 1. The third-order valence-electron chi connectivity index (χ3n) is 4.18. The van der Waals surface area contributed by atoms with Gasteiger partial charge in [0.05, 0.1) is 4.90 Å². The van der Waals surface area contributed by atoms with Crippen molar-refractivity contribution in [2.24, 2.45) is 5.73 Å². The van der Waals surface area contributed by atoms with Crippen LogP contribution in [0.3, 0.4) is 0 Å². The zero-order valence-corrected chi connectivity index (χ0v) is 13.3. The summed E-state index contributed by atoms with van der Waals surface area (Å²) < 4.78 is 28.4. The zero-order valence-electron chi connectivity index (χ0n) is 12.5. The van der Waals surface area contributed by atoms with Crippen LogP contribution < -0.4 is 10.5 Å². The van der Waals surface area contributed by atoms with Gasteiger partial charge in [-0.2, -0.15) is 0 Å². The van der Waals surface area contributed by atoms with Crippen molar-refractivity contribution in [1.29, 1.82) is 0 Å². The predicted molar refractivity (Wildman–Crippen MR) is 81.2 cm³/mol. The Morgan fingerprint density at radius 1 is 1.15 bits per heavy atom. The highest BCUT2D eigenvalue weighted by Gasteiger charge is 2.37. The lowest BCUT2D eigenvalue weighted by Gasteiger charge is -2.29. The van der Waals surface area contributed by atoms with Crippen LogP contribution in [0, 0.1) is 20.8 Å². The molecule has 0 aromatic heterocycles. The molecule has 0 bridgehead atoms. The highest BCUT2D eigenvalue weighted by molar-refractivity contribution is 7.89. The standard InChI is InChI=1S/C15H24N2O2S/c1-11-8-12(2)14(13(3)9-11)20(18,19)17-15(10-16)6-4-5-7-15/h8-9,17H,4-7,10,16H2,1-3H3. The SMILES string of the molecule is Cc1cc(C)c(S(=O)(=O)NC2(CN)CCCC2)c(C)c1. The summed E-state index contributed by atoms with van der Waals surface area (Å²) in [4.78, 5) is 0.405. The molecular weight excluding hydrogens is 272 g/mol. The molecule has 0 unspecified atom stereocenters. The van der Waals surface area contributed by atoms with Crippen LogP contribution in [0.15, 0.2) is 17.0 Å². The van der Waals surface area contributed by atoms with Crippen LogP contribution in [0.25, 0.3) is 0 Å². The van der Waals surface area contributed by atoms with Gasteiger partial charge in [-0.05, 0) is 44.7 Å². The summed E-state index contributed by atoms with van der Waals surface area (Å²) in [5.74, 6) is 0. The van der Waals surface area contributed by atoms with E-state index in [0.717, 1.165) is 42.4 Å². The molecule has 0 heterocycles. The van der Waals surface area contributed by atoms with E-state index < -0.39 is 15.6 Å². The van der Waals surface area contributed by atoms with E-state index in [-0.39, 0.29) is 0 Å². The molecule has 4 nitrogen and oxygen atoms in total. The molecular formula is C15H24N2O2S. The zero-order chi connectivity index (χ0) is 15.0. The highest BCUT2D eigenvalue weighted by Crippen LogP contribution is 2.31. The van der Waals surface area contributed by atoms with E-state index in [9.17, 15) is 8.42 Å². The molecule has 1 fully saturated rings. The first-order valence-corrected chi connectivity index (χ1v) is 8.60. The quantitative estimate of drug-likeness (QED) is 0.894. The van der Waals surface area contributed by atoms with Crippen molar-refractivity contribution in [3.05, 3.63) is 28.8 Å². The van der Waals surface area contributed by atoms with E-state index in [1.54, 1.807) is 0 Å². The maximum atomic E-state index is 12.7. The third kappa shape index (κ3) is 2.90. The van der Waals surface area contributed by atoms with Gasteiger partial charge in [0.15, 0.2) is 0 Å². The lowest BCUT2D eigenvalue weighted by molar-refractivity contribution is 0.399. The van der Waals surface area contributed by atoms with Crippen molar-refractivity contribution >= 4 is 10.0 Å². The van der Waals surface area contributed by atoms with Gasteiger partial charge in [-0.15, -0.1) is 0 Å². The molecule has 5 heteroatoms. The Kier molecular flexibility index (Phi) is 4.23. The summed E-state index contributed by atoms with van der Waals surface area (Å²) in [7, 11) is -3.52. The van der Waals surface area contributed by atoms with E-state index in [4.69, 9.17) is 5.73 Å². The average molecular weight is 296 g/mol. The van der Waals surface area contributed by atoms with Crippen LogP contribution in [-0.2, 0) is 10.0 Å². The first-order valence-electron chi connectivity index (χ1n) is 7.12. The molecule has 1 aromatic carbocycles. The maximum Gasteiger partial charge on any atom is 0.241 e. The molecule has 0 aliphatic heterocycles. The second-order valence-electron chi connectivity index (χ2n) is 6.02. The van der Waals surface area contributed by atoms with Crippen LogP contribution in [0.2, 0.25) is 0 Å². The lowest BCUT2D eigenvalue weighted by atomic mass is 10.0. The van der Waals surface area contributed by atoms with E-state index in [0.29, 0.717) is 11.4 Å². The highest BCUT2D eigenvalue weighted by atomic mass is 32.2. The Morgan fingerprint density at radius 3 is 2.10 bits per heavy atom. The monoisotopic (exact) mass is 296 g/mol. The molecule has 112 valence electrons. The predicted octanol–water partition coefficient (Wildman–Crippen LogP) is 2.16. The molecule has 3 N–H and O–H groups in total. The Morgan fingerprint density at radius 2 is 1.65 bits per heavy atom. The second-order valence-corrected chi connectivity index (χ2v) is 7.64. The van der Waals surface area contributed by atoms with Gasteiger partial charge < -0.3 is 5.73 Å². The largest absolute Gasteiger partial charge is 0.329 e. The van der Waals surface area contributed by atoms with Crippen LogP contribution in [-0.4, -0.2) is 20.5 Å². The molecule has 2 rings (SSSR count). The number of aryl methyl sites for hydroxylation is 3. The molecule has 1 aliphatic carbocycles. The summed E-state index contributed by atoms with van der Waals surface area (Å²) in [6.07, 6.45) is 3.72. The van der Waals surface area contributed by atoms with Crippen molar-refractivity contribution < 1.29 is 8.42 Å². The molecule has 1 saturated carbocycles. The second kappa shape index (κ2) is 5.47. The topological polar surface area (TPSA) is 72.2 Å². The van der Waals surface area contributed by atoms with Crippen LogP contribution in [0.5, 0.6) is 0 Å². The summed E-state index contributed by atoms with van der Waals surface area (Å²) in [5.41, 5.74) is 8.03. The minimum absolute atomic E-state index is 0.357. The third-order valence-corrected chi connectivity index (χ3v) is 6.06. The number of nitrogens with one attached hydrogen (secondary N) is 1. The van der Waals surface area contributed by atoms with Crippen molar-refractivity contribution in [3.8, 4) is 0 Å². The normalized spacial score (nSPS) is 18.4. The Hall–Kier alpha value is -0.910. The molecule has 1 aliphatic rings. The van der Waals surface area contributed by atoms with Gasteiger partial charge >= 0.3 is 0 Å². The minimum Gasteiger partial charge on any atom is -0.329 e. The Labute approximate surface area is 121 Å². The number of benzene rings is 1. The number of rotatable bonds is 4. The van der Waals surface area contributed by atoms with Gasteiger partial charge in [0, 0.05) is 12.1 Å². The number of nitrogens with two attached hydrogens (primary N) is 1. The van der Waals surface area contributed by atoms with Gasteiger partial charge in [-0.3, -0.25) is 0 Å². The fourth-order valence-corrected chi connectivity index (χ4v) is 5.25. The fourth-order valence-electron chi connectivity index (χ4n) is 3.33. The maximum absolute atomic E-state index is 12.7. The first kappa shape index (κ1) is 15.5. The smallest absolute Gasteiger partial charge is 0.241 e. The summed E-state index contributed by atoms with van der Waals surface area (Å²) >= 11 is 0. The Bertz CT molecular complexity index is 579. The minimum atomic E-state index is -3.52. The van der Waals surface area contributed by atoms with Gasteiger partial charge in [0.1, 0.15) is 0 Å². The van der Waals surface area contributed by atoms with E-state index >= 15 is 0 Å². The van der Waals surface area contributed by atoms with Crippen molar-refractivity contribution in [3.63, 3.8) is 0 Å². The summed E-state index contributed by atoms with van der Waals surface area (Å²) in [6, 6.07) is 3.82. The first-order chi connectivity index (χ1) is 9.30. The molecule has 0 atom stereocenters. The van der Waals surface area contributed by atoms with E-state index in [1.807, 2.05) is 32.9 Å². The molecule has 0 amide bonds. The average Bonchev–Trinajstić information content (AvgIpc) is 2.75. The van der Waals surface area contributed by atoms with Gasteiger partial charge in [0.25, 0.3) is 0 Å². The van der Waals surface area contributed by atoms with Crippen molar-refractivity contribution in [2.75, 3.05) is 6.54 Å². The lowest BCUT2D eigenvalue weighted by Crippen LogP contribution is -2.51. The van der Waals surface area contributed by atoms with Gasteiger partial charge in [-0.1, -0.05) is 30.5 Å². The Balaban J connectivity index is 2.41. The molecule has 20 heavy (non-hydrogen) atoms. The van der Waals surface area contributed by atoms with Crippen LogP contribution >= 0.6 is 0 Å². The van der Waals surface area contributed by atoms with Crippen molar-refractivity contribution in [2.45, 2.75) is 56.9 Å². The summed E-state index contributed by atoms with van der Waals surface area (Å²) in [6.45, 7) is 6.02. The molecule has 1 aromatic rings. The van der Waals surface area contributed by atoms with Crippen LogP contribution in [0.4, 0.5) is 0 Å². The van der Waals surface area contributed by atoms with Crippen LogP contribution in [0.1, 0.15) is 42.4 Å². The molecule has 0 spiro atoms. The van der Waals surface area contributed by atoms with Crippen molar-refractivity contribution in [1.82, 2.24) is 4.72 Å². The fraction of sp³-hybridized carbons (Fsp3) is 0.600. The number of hydrogen-bond acceptors (Lipinski definition) is 3. The van der Waals surface area contributed by atoms with E-state index in [1.165, 1.54) is 0 Å². The molecule has 0 radical (unpaired) electrons. The van der Waals surface area contributed by atoms with E-state index in [2.05, 4.69) is 4.72 Å². The van der Waals surface area contributed by atoms with Gasteiger partial charge in [-0.25, -0.2) is 13.1 Å². The van der Waals surface area contributed by atoms with Gasteiger partial charge in [0.2, 0.25) is 10.0 Å². The molecule has 0 saturated heterocycles. The number of hydrogen-bond donors (Lipinski definition) is 2. The summed E-state index contributed by atoms with van der Waals surface area (Å²) in [5, 5.41) is 0.